The summed E-state index contributed by atoms with van der Waals surface area (Å²) in [5.74, 6) is -1.46. The molecule has 3 amide bonds. The first kappa shape index (κ1) is 24.4. The van der Waals surface area contributed by atoms with Crippen LogP contribution in [0.5, 0.6) is 0 Å². The predicted molar refractivity (Wildman–Crippen MR) is 149 cm³/mol. The van der Waals surface area contributed by atoms with Crippen LogP contribution in [-0.2, 0) is 14.4 Å². The van der Waals surface area contributed by atoms with Crippen LogP contribution >= 0.6 is 39.0 Å². The van der Waals surface area contributed by atoms with Gasteiger partial charge in [-0.1, -0.05) is 57.1 Å². The molecule has 3 fully saturated rings. The number of hydrogen-bond acceptors (Lipinski definition) is 6. The molecule has 2 saturated carbocycles. The van der Waals surface area contributed by atoms with Crippen molar-refractivity contribution in [3.05, 3.63) is 78.7 Å². The van der Waals surface area contributed by atoms with Crippen molar-refractivity contribution in [2.75, 3.05) is 11.9 Å². The van der Waals surface area contributed by atoms with Crippen molar-refractivity contribution < 1.29 is 14.4 Å². The highest BCUT2D eigenvalue weighted by atomic mass is 79.9. The molecular weight excluding hydrogens is 586 g/mol. The van der Waals surface area contributed by atoms with Crippen LogP contribution in [0.15, 0.2) is 62.8 Å². The molecule has 7 nitrogen and oxygen atoms in total. The van der Waals surface area contributed by atoms with E-state index >= 15 is 0 Å². The van der Waals surface area contributed by atoms with Crippen LogP contribution in [-0.4, -0.2) is 39.4 Å². The predicted octanol–water partition coefficient (Wildman–Crippen LogP) is 4.62. The number of benzene rings is 2. The van der Waals surface area contributed by atoms with Gasteiger partial charge in [-0.05, 0) is 60.9 Å². The molecule has 1 saturated heterocycles. The summed E-state index contributed by atoms with van der Waals surface area (Å²) in [5.41, 5.74) is 2.83. The number of H-pyrrole nitrogens is 1. The summed E-state index contributed by atoms with van der Waals surface area (Å²) in [4.78, 5) is 57.6. The molecule has 7 atom stereocenters. The van der Waals surface area contributed by atoms with Crippen LogP contribution in [0.3, 0.4) is 0 Å². The van der Waals surface area contributed by atoms with Crippen molar-refractivity contribution in [1.29, 1.82) is 0 Å². The quantitative estimate of drug-likeness (QED) is 0.421. The maximum Gasteiger partial charge on any atom is 0.305 e. The Balaban J connectivity index is 1.19. The molecule has 0 radical (unpaired) electrons. The lowest BCUT2D eigenvalue weighted by molar-refractivity contribution is -0.143. The van der Waals surface area contributed by atoms with Gasteiger partial charge in [-0.2, -0.15) is 0 Å². The molecule has 2 N–H and O–H groups in total. The van der Waals surface area contributed by atoms with E-state index in [2.05, 4.69) is 38.4 Å². The van der Waals surface area contributed by atoms with Crippen molar-refractivity contribution in [2.24, 2.45) is 29.6 Å². The Morgan fingerprint density at radius 1 is 1.08 bits per heavy atom. The molecule has 7 rings (SSSR count). The summed E-state index contributed by atoms with van der Waals surface area (Å²) in [6.45, 7) is 1.70. The maximum atomic E-state index is 13.7. The number of fused-ring (bicyclic) bond motifs is 9. The van der Waals surface area contributed by atoms with Gasteiger partial charge in [0.15, 0.2) is 0 Å². The number of nitrogens with one attached hydrogen (secondary N) is 2. The highest BCUT2D eigenvalue weighted by Crippen LogP contribution is 2.68. The third kappa shape index (κ3) is 3.67. The minimum atomic E-state index is -0.409. The second-order valence-corrected chi connectivity index (χ2v) is 13.8. The first-order chi connectivity index (χ1) is 18.3. The van der Waals surface area contributed by atoms with E-state index in [1.54, 1.807) is 11.8 Å². The maximum absolute atomic E-state index is 13.7. The molecule has 0 spiro atoms. The van der Waals surface area contributed by atoms with Gasteiger partial charge in [0, 0.05) is 26.2 Å². The number of aryl methyl sites for hydroxylation is 1. The Hall–Kier alpha value is -2.69. The smallest absolute Gasteiger partial charge is 0.305 e. The number of halogens is 1. The van der Waals surface area contributed by atoms with Crippen LogP contribution in [0, 0.1) is 36.5 Å². The first-order valence-electron chi connectivity index (χ1n) is 12.7. The second kappa shape index (κ2) is 8.93. The second-order valence-electron chi connectivity index (χ2n) is 10.7. The molecule has 2 bridgehead atoms. The van der Waals surface area contributed by atoms with Gasteiger partial charge >= 0.3 is 4.87 Å². The fourth-order valence-electron chi connectivity index (χ4n) is 7.29. The zero-order chi connectivity index (χ0) is 26.3. The van der Waals surface area contributed by atoms with E-state index in [1.165, 1.54) is 16.2 Å². The number of thiazole rings is 1. The number of rotatable bonds is 4. The third-order valence-corrected chi connectivity index (χ3v) is 11.7. The van der Waals surface area contributed by atoms with E-state index in [-0.39, 0.29) is 58.1 Å². The number of thioether (sulfide) groups is 1. The van der Waals surface area contributed by atoms with Crippen LogP contribution in [0.1, 0.15) is 28.3 Å². The number of nitrogens with zero attached hydrogens (tertiary/aromatic N) is 1. The normalized spacial score (nSPS) is 30.8. The van der Waals surface area contributed by atoms with Gasteiger partial charge in [0.1, 0.15) is 6.54 Å². The van der Waals surface area contributed by atoms with Crippen LogP contribution in [0.2, 0.25) is 0 Å². The third-order valence-electron chi connectivity index (χ3n) is 8.66. The lowest BCUT2D eigenvalue weighted by Gasteiger charge is -2.43. The Kier molecular flexibility index (Phi) is 5.72. The summed E-state index contributed by atoms with van der Waals surface area (Å²) < 4.78 is 0.966. The van der Waals surface area contributed by atoms with E-state index in [9.17, 15) is 19.2 Å². The highest BCUT2D eigenvalue weighted by Gasteiger charge is 2.69. The molecule has 3 aromatic rings. The summed E-state index contributed by atoms with van der Waals surface area (Å²) >= 11 is 6.51. The van der Waals surface area contributed by atoms with Gasteiger partial charge in [0.05, 0.1) is 16.9 Å². The average molecular weight is 611 g/mol. The lowest BCUT2D eigenvalue weighted by atomic mass is 9.68. The SMILES string of the molecule is Cc1ccc(NC(=O)CN2C(=O)C3C4CC(C3C2=O)C2C4Sc3[nH]c(=O)sc3[C@@H]2c2cccc(Br)c2)cc1. The number of carbonyl (C=O) groups excluding carboxylic acids is 3. The van der Waals surface area contributed by atoms with Gasteiger partial charge in [-0.15, -0.1) is 11.8 Å². The summed E-state index contributed by atoms with van der Waals surface area (Å²) in [6, 6.07) is 15.6. The molecule has 1 aromatic heterocycles. The van der Waals surface area contributed by atoms with Gasteiger partial charge in [0.2, 0.25) is 17.7 Å². The van der Waals surface area contributed by atoms with Crippen molar-refractivity contribution in [3.8, 4) is 0 Å². The Labute approximate surface area is 235 Å². The number of anilines is 1. The molecule has 4 aliphatic rings. The number of aromatic nitrogens is 1. The van der Waals surface area contributed by atoms with Crippen LogP contribution in [0.4, 0.5) is 5.69 Å². The molecule has 10 heteroatoms. The number of amides is 3. The standard InChI is InChI=1S/C28H24BrN3O4S2/c1-12-5-7-15(8-6-12)30-18(33)11-32-26(34)21-16-10-17(22(21)27(32)35)23-20(16)19(13-3-2-4-14(29)9-13)24-25(37-23)31-28(36)38-24/h2-9,16-17,19-23H,10-11H2,1H3,(H,30,33)(H,31,36)/t16?,17?,19-,20?,21?,22?,23?/m1/s1. The number of aromatic amines is 1. The molecule has 2 aliphatic heterocycles. The van der Waals surface area contributed by atoms with E-state index < -0.39 is 11.8 Å². The average Bonchev–Trinajstić information content (AvgIpc) is 3.61. The summed E-state index contributed by atoms with van der Waals surface area (Å²) in [6.07, 6.45) is 0.822. The minimum absolute atomic E-state index is 0.0181. The van der Waals surface area contributed by atoms with Crippen LogP contribution in [0.25, 0.3) is 0 Å². The molecule has 194 valence electrons. The Morgan fingerprint density at radius 2 is 1.82 bits per heavy atom. The molecule has 2 aliphatic carbocycles. The van der Waals surface area contributed by atoms with Crippen molar-refractivity contribution >= 4 is 62.4 Å². The molecule has 38 heavy (non-hydrogen) atoms. The number of hydrogen-bond donors (Lipinski definition) is 2. The highest BCUT2D eigenvalue weighted by molar-refractivity contribution is 9.10. The zero-order valence-electron chi connectivity index (χ0n) is 20.3. The van der Waals surface area contributed by atoms with Gasteiger partial charge in [-0.25, -0.2) is 0 Å². The van der Waals surface area contributed by atoms with Crippen LogP contribution < -0.4 is 10.2 Å². The van der Waals surface area contributed by atoms with Gasteiger partial charge in [-0.3, -0.25) is 24.1 Å². The topological polar surface area (TPSA) is 99.3 Å². The summed E-state index contributed by atoms with van der Waals surface area (Å²) in [5, 5.41) is 3.83. The van der Waals surface area contributed by atoms with Gasteiger partial charge < -0.3 is 10.3 Å². The summed E-state index contributed by atoms with van der Waals surface area (Å²) in [7, 11) is 0. The van der Waals surface area contributed by atoms with E-state index in [4.69, 9.17) is 0 Å². The molecule has 2 aromatic carbocycles. The molecule has 6 unspecified atom stereocenters. The van der Waals surface area contributed by atoms with E-state index in [1.807, 2.05) is 43.3 Å². The number of carbonyl (C=O) groups is 3. The minimum Gasteiger partial charge on any atom is -0.325 e. The largest absolute Gasteiger partial charge is 0.325 e. The first-order valence-corrected chi connectivity index (χ1v) is 15.2. The Bertz CT molecular complexity index is 1550. The van der Waals surface area contributed by atoms with E-state index in [0.717, 1.165) is 31.9 Å². The van der Waals surface area contributed by atoms with Crippen molar-refractivity contribution in [3.63, 3.8) is 0 Å². The van der Waals surface area contributed by atoms with E-state index in [0.29, 0.717) is 5.69 Å². The van der Waals surface area contributed by atoms with Crippen molar-refractivity contribution in [2.45, 2.75) is 29.5 Å². The van der Waals surface area contributed by atoms with Crippen molar-refractivity contribution in [1.82, 2.24) is 9.88 Å². The van der Waals surface area contributed by atoms with Gasteiger partial charge in [0.25, 0.3) is 0 Å². The lowest BCUT2D eigenvalue weighted by Crippen LogP contribution is -2.42. The number of likely N-dealkylation sites (tertiary alicyclic amines) is 1. The fraction of sp³-hybridized carbons (Fsp3) is 0.357. The number of imide groups is 1. The fourth-order valence-corrected chi connectivity index (χ4v) is 10.6. The molecule has 3 heterocycles. The molecular formula is C28H24BrN3O4S2. The zero-order valence-corrected chi connectivity index (χ0v) is 23.6. The monoisotopic (exact) mass is 609 g/mol. The Morgan fingerprint density at radius 3 is 2.55 bits per heavy atom.